The minimum absolute atomic E-state index is 0.0416. The van der Waals surface area contributed by atoms with Crippen LogP contribution in [0.4, 0.5) is 0 Å². The van der Waals surface area contributed by atoms with E-state index in [1.54, 1.807) is 6.20 Å². The average Bonchev–Trinajstić information content (AvgIpc) is 1.88. The number of nitrogens with zero attached hydrogens (tertiary/aromatic N) is 1. The van der Waals surface area contributed by atoms with Crippen LogP contribution in [-0.2, 0) is 0 Å². The summed E-state index contributed by atoms with van der Waals surface area (Å²) in [5.74, 6) is 0. The molecule has 10 heavy (non-hydrogen) atoms. The van der Waals surface area contributed by atoms with Gasteiger partial charge in [-0.1, -0.05) is 0 Å². The molecule has 0 saturated carbocycles. The van der Waals surface area contributed by atoms with E-state index in [2.05, 4.69) is 4.98 Å². The first-order valence-electron chi connectivity index (χ1n) is 3.38. The van der Waals surface area contributed by atoms with Crippen LogP contribution in [0, 0.1) is 6.92 Å². The van der Waals surface area contributed by atoms with Gasteiger partial charge >= 0.3 is 0 Å². The molecule has 0 aromatic carbocycles. The van der Waals surface area contributed by atoms with E-state index in [-0.39, 0.29) is 6.04 Å². The number of aryl methyl sites for hydroxylation is 1. The van der Waals surface area contributed by atoms with Gasteiger partial charge in [0.1, 0.15) is 0 Å². The lowest BCUT2D eigenvalue weighted by Crippen LogP contribution is -2.06. The van der Waals surface area contributed by atoms with Crippen molar-refractivity contribution in [3.05, 3.63) is 29.6 Å². The maximum absolute atomic E-state index is 5.62. The van der Waals surface area contributed by atoms with Crippen LogP contribution < -0.4 is 5.73 Å². The van der Waals surface area contributed by atoms with Crippen molar-refractivity contribution in [3.8, 4) is 0 Å². The van der Waals surface area contributed by atoms with Crippen molar-refractivity contribution in [2.24, 2.45) is 5.73 Å². The molecule has 0 fully saturated rings. The first-order valence-corrected chi connectivity index (χ1v) is 3.38. The number of nitrogens with two attached hydrogens (primary N) is 1. The van der Waals surface area contributed by atoms with Gasteiger partial charge in [0, 0.05) is 12.2 Å². The Morgan fingerprint density at radius 3 is 2.70 bits per heavy atom. The molecule has 1 aromatic heterocycles. The third-order valence-corrected chi connectivity index (χ3v) is 1.40. The minimum Gasteiger partial charge on any atom is -0.323 e. The molecule has 1 heterocycles. The summed E-state index contributed by atoms with van der Waals surface area (Å²) in [5.41, 5.74) is 7.79. The van der Waals surface area contributed by atoms with E-state index < -0.39 is 0 Å². The zero-order valence-corrected chi connectivity index (χ0v) is 6.33. The lowest BCUT2D eigenvalue weighted by atomic mass is 10.2. The number of rotatable bonds is 1. The topological polar surface area (TPSA) is 38.9 Å². The van der Waals surface area contributed by atoms with E-state index in [1.165, 1.54) is 5.56 Å². The van der Waals surface area contributed by atoms with Crippen molar-refractivity contribution >= 4 is 0 Å². The highest BCUT2D eigenvalue weighted by Gasteiger charge is 1.98. The molecule has 1 aromatic rings. The third kappa shape index (κ3) is 1.54. The van der Waals surface area contributed by atoms with Crippen molar-refractivity contribution in [3.63, 3.8) is 0 Å². The number of aromatic nitrogens is 1. The van der Waals surface area contributed by atoms with Gasteiger partial charge in [-0.05, 0) is 31.5 Å². The molecule has 1 unspecified atom stereocenters. The molecule has 0 spiro atoms. The van der Waals surface area contributed by atoms with Gasteiger partial charge in [0.25, 0.3) is 0 Å². The zero-order valence-electron chi connectivity index (χ0n) is 6.33. The molecule has 0 aliphatic heterocycles. The number of pyridine rings is 1. The lowest BCUT2D eigenvalue weighted by molar-refractivity contribution is 0.779. The van der Waals surface area contributed by atoms with Crippen LogP contribution >= 0.6 is 0 Å². The predicted octanol–water partition coefficient (Wildman–Crippen LogP) is 1.41. The maximum atomic E-state index is 5.62. The normalized spacial score (nSPS) is 13.1. The molecule has 1 rings (SSSR count). The molecule has 54 valence electrons. The molecule has 2 nitrogen and oxygen atoms in total. The molecule has 2 heteroatoms. The molecule has 0 aliphatic rings. The van der Waals surface area contributed by atoms with Gasteiger partial charge < -0.3 is 5.73 Å². The van der Waals surface area contributed by atoms with Gasteiger partial charge in [0.2, 0.25) is 0 Å². The highest BCUT2D eigenvalue weighted by molar-refractivity contribution is 5.16. The van der Waals surface area contributed by atoms with Crippen molar-refractivity contribution in [2.75, 3.05) is 0 Å². The van der Waals surface area contributed by atoms with Crippen LogP contribution in [0.15, 0.2) is 18.3 Å². The summed E-state index contributed by atoms with van der Waals surface area (Å²) in [7, 11) is 0. The Hall–Kier alpha value is -0.890. The fourth-order valence-corrected chi connectivity index (χ4v) is 0.809. The third-order valence-electron chi connectivity index (χ3n) is 1.40. The molecule has 0 aliphatic carbocycles. The van der Waals surface area contributed by atoms with Crippen molar-refractivity contribution in [2.45, 2.75) is 19.9 Å². The predicted molar refractivity (Wildman–Crippen MR) is 41.6 cm³/mol. The average molecular weight is 136 g/mol. The summed E-state index contributed by atoms with van der Waals surface area (Å²) >= 11 is 0. The molecule has 1 atom stereocenters. The van der Waals surface area contributed by atoms with Crippen LogP contribution in [0.25, 0.3) is 0 Å². The van der Waals surface area contributed by atoms with E-state index in [1.807, 2.05) is 26.0 Å². The lowest BCUT2D eigenvalue weighted by Gasteiger charge is -2.03. The summed E-state index contributed by atoms with van der Waals surface area (Å²) in [4.78, 5) is 4.11. The summed E-state index contributed by atoms with van der Waals surface area (Å²) < 4.78 is 0. The van der Waals surface area contributed by atoms with Crippen LogP contribution in [0.2, 0.25) is 0 Å². The summed E-state index contributed by atoms with van der Waals surface area (Å²) in [6, 6.07) is 4.01. The smallest absolute Gasteiger partial charge is 0.0570 e. The first-order chi connectivity index (χ1) is 4.70. The van der Waals surface area contributed by atoms with Gasteiger partial charge in [-0.3, -0.25) is 4.98 Å². The van der Waals surface area contributed by atoms with E-state index in [4.69, 9.17) is 5.73 Å². The van der Waals surface area contributed by atoms with E-state index >= 15 is 0 Å². The van der Waals surface area contributed by atoms with Crippen LogP contribution in [0.5, 0.6) is 0 Å². The fourth-order valence-electron chi connectivity index (χ4n) is 0.809. The Balaban J connectivity index is 2.96. The molecule has 0 saturated heterocycles. The standard InChI is InChI=1S/C8H12N2/c1-6-3-4-10-8(5-6)7(2)9/h3-5,7H,9H2,1-2H3. The largest absolute Gasteiger partial charge is 0.323 e. The minimum atomic E-state index is 0.0416. The van der Waals surface area contributed by atoms with Crippen LogP contribution in [0.1, 0.15) is 24.2 Å². The van der Waals surface area contributed by atoms with E-state index in [0.29, 0.717) is 0 Å². The van der Waals surface area contributed by atoms with E-state index in [0.717, 1.165) is 5.69 Å². The van der Waals surface area contributed by atoms with Crippen LogP contribution in [0.3, 0.4) is 0 Å². The summed E-state index contributed by atoms with van der Waals surface area (Å²) in [5, 5.41) is 0. The maximum Gasteiger partial charge on any atom is 0.0570 e. The highest BCUT2D eigenvalue weighted by Crippen LogP contribution is 2.06. The quantitative estimate of drug-likeness (QED) is 0.634. The van der Waals surface area contributed by atoms with E-state index in [9.17, 15) is 0 Å². The Bertz CT molecular complexity index is 218. The van der Waals surface area contributed by atoms with Gasteiger partial charge in [0.05, 0.1) is 5.69 Å². The van der Waals surface area contributed by atoms with Crippen molar-refractivity contribution in [1.82, 2.24) is 4.98 Å². The molecule has 0 bridgehead atoms. The first kappa shape index (κ1) is 7.22. The van der Waals surface area contributed by atoms with Crippen molar-refractivity contribution < 1.29 is 0 Å². The second kappa shape index (κ2) is 2.80. The van der Waals surface area contributed by atoms with Gasteiger partial charge in [0.15, 0.2) is 0 Å². The molecular weight excluding hydrogens is 124 g/mol. The second-order valence-corrected chi connectivity index (χ2v) is 2.55. The zero-order chi connectivity index (χ0) is 7.56. The molecule has 0 radical (unpaired) electrons. The Kier molecular flexibility index (Phi) is 2.02. The molecule has 2 N–H and O–H groups in total. The Morgan fingerprint density at radius 1 is 1.60 bits per heavy atom. The van der Waals surface area contributed by atoms with Crippen LogP contribution in [-0.4, -0.2) is 4.98 Å². The molecule has 0 amide bonds. The number of hydrogen-bond acceptors (Lipinski definition) is 2. The van der Waals surface area contributed by atoms with Gasteiger partial charge in [-0.25, -0.2) is 0 Å². The Morgan fingerprint density at radius 2 is 2.30 bits per heavy atom. The highest BCUT2D eigenvalue weighted by atomic mass is 14.7. The Labute approximate surface area is 61.1 Å². The fraction of sp³-hybridized carbons (Fsp3) is 0.375. The summed E-state index contributed by atoms with van der Waals surface area (Å²) in [6.07, 6.45) is 1.79. The van der Waals surface area contributed by atoms with Gasteiger partial charge in [-0.15, -0.1) is 0 Å². The summed E-state index contributed by atoms with van der Waals surface area (Å²) in [6.45, 7) is 3.97. The number of hydrogen-bond donors (Lipinski definition) is 1. The van der Waals surface area contributed by atoms with Crippen molar-refractivity contribution in [1.29, 1.82) is 0 Å². The second-order valence-electron chi connectivity index (χ2n) is 2.55. The SMILES string of the molecule is Cc1ccnc(C(C)N)c1. The monoisotopic (exact) mass is 136 g/mol. The van der Waals surface area contributed by atoms with Gasteiger partial charge in [-0.2, -0.15) is 0 Å². The molecular formula is C8H12N2.